The summed E-state index contributed by atoms with van der Waals surface area (Å²) < 4.78 is 0. The summed E-state index contributed by atoms with van der Waals surface area (Å²) in [5.41, 5.74) is 1.17. The maximum absolute atomic E-state index is 11.0. The van der Waals surface area contributed by atoms with Crippen molar-refractivity contribution in [1.29, 1.82) is 0 Å². The van der Waals surface area contributed by atoms with Crippen LogP contribution in [0.1, 0.15) is 15.9 Å². The third-order valence-electron chi connectivity index (χ3n) is 2.35. The summed E-state index contributed by atoms with van der Waals surface area (Å²) >= 11 is 3.30. The number of benzene rings is 2. The van der Waals surface area contributed by atoms with Crippen LogP contribution in [0.25, 0.3) is 10.8 Å². The van der Waals surface area contributed by atoms with Gasteiger partial charge in [0.2, 0.25) is 0 Å². The predicted octanol–water partition coefficient (Wildman–Crippen LogP) is 3.43. The fourth-order valence-corrected chi connectivity index (χ4v) is 2.06. The van der Waals surface area contributed by atoms with Crippen LogP contribution in [0.5, 0.6) is 0 Å². The molecule has 0 amide bonds. The highest BCUT2D eigenvalue weighted by Crippen LogP contribution is 2.21. The van der Waals surface area contributed by atoms with E-state index in [9.17, 15) is 4.79 Å². The number of carboxylic acids is 1. The molecule has 0 aliphatic carbocycles. The van der Waals surface area contributed by atoms with Crippen LogP contribution in [0.15, 0.2) is 36.4 Å². The van der Waals surface area contributed by atoms with Crippen molar-refractivity contribution in [2.24, 2.45) is 0 Å². The smallest absolute Gasteiger partial charge is 0.336 e. The van der Waals surface area contributed by atoms with Crippen LogP contribution in [0.4, 0.5) is 0 Å². The fraction of sp³-hybridized carbons (Fsp3) is 0.0833. The Morgan fingerprint density at radius 3 is 2.33 bits per heavy atom. The van der Waals surface area contributed by atoms with Gasteiger partial charge < -0.3 is 5.11 Å². The molecule has 2 nitrogen and oxygen atoms in total. The molecular weight excluding hydrogens is 256 g/mol. The van der Waals surface area contributed by atoms with E-state index in [1.165, 1.54) is 0 Å². The second kappa shape index (κ2) is 4.03. The van der Waals surface area contributed by atoms with Crippen LogP contribution >= 0.6 is 15.9 Å². The molecular formula is C12H9BrO2. The Balaban J connectivity index is 2.74. The van der Waals surface area contributed by atoms with Gasteiger partial charge in [0.25, 0.3) is 0 Å². The predicted molar refractivity (Wildman–Crippen MR) is 63.5 cm³/mol. The fourth-order valence-electron chi connectivity index (χ4n) is 1.60. The van der Waals surface area contributed by atoms with Crippen LogP contribution in [0, 0.1) is 0 Å². The summed E-state index contributed by atoms with van der Waals surface area (Å²) in [7, 11) is 0. The lowest BCUT2D eigenvalue weighted by Crippen LogP contribution is -2.00. The number of hydrogen-bond acceptors (Lipinski definition) is 1. The molecule has 0 saturated carbocycles. The molecule has 15 heavy (non-hydrogen) atoms. The number of halogens is 1. The molecule has 0 aliphatic heterocycles. The largest absolute Gasteiger partial charge is 0.478 e. The SMILES string of the molecule is O=C(O)c1cc2ccccc2cc1CBr. The number of carboxylic acid groups (broad SMARTS) is 1. The first-order valence-corrected chi connectivity index (χ1v) is 5.65. The van der Waals surface area contributed by atoms with Crippen molar-refractivity contribution in [3.63, 3.8) is 0 Å². The second-order valence-corrected chi connectivity index (χ2v) is 3.86. The molecule has 0 bridgehead atoms. The third kappa shape index (κ3) is 1.88. The Bertz CT molecular complexity index is 520. The van der Waals surface area contributed by atoms with E-state index >= 15 is 0 Å². The molecule has 0 aromatic heterocycles. The molecule has 0 spiro atoms. The molecule has 0 radical (unpaired) electrons. The third-order valence-corrected chi connectivity index (χ3v) is 2.95. The lowest BCUT2D eigenvalue weighted by atomic mass is 10.0. The monoisotopic (exact) mass is 264 g/mol. The zero-order valence-electron chi connectivity index (χ0n) is 7.90. The molecule has 3 heteroatoms. The average molecular weight is 265 g/mol. The number of carbonyl (C=O) groups is 1. The lowest BCUT2D eigenvalue weighted by Gasteiger charge is -2.05. The molecule has 76 valence electrons. The Morgan fingerprint density at radius 1 is 1.20 bits per heavy atom. The topological polar surface area (TPSA) is 37.3 Å². The van der Waals surface area contributed by atoms with Crippen LogP contribution in [0.3, 0.4) is 0 Å². The van der Waals surface area contributed by atoms with E-state index in [-0.39, 0.29) is 0 Å². The first kappa shape index (κ1) is 10.2. The van der Waals surface area contributed by atoms with Gasteiger partial charge in [-0.25, -0.2) is 4.79 Å². The van der Waals surface area contributed by atoms with Crippen molar-refractivity contribution >= 4 is 32.7 Å². The van der Waals surface area contributed by atoms with Gasteiger partial charge >= 0.3 is 5.97 Å². The molecule has 0 heterocycles. The molecule has 2 rings (SSSR count). The maximum Gasteiger partial charge on any atom is 0.336 e. The molecule has 2 aromatic rings. The number of rotatable bonds is 2. The summed E-state index contributed by atoms with van der Waals surface area (Å²) in [6, 6.07) is 11.4. The Hall–Kier alpha value is -1.35. The standard InChI is InChI=1S/C12H9BrO2/c13-7-10-5-8-3-1-2-4-9(8)6-11(10)12(14)15/h1-6H,7H2,(H,14,15). The van der Waals surface area contributed by atoms with E-state index in [0.717, 1.165) is 16.3 Å². The van der Waals surface area contributed by atoms with E-state index in [2.05, 4.69) is 15.9 Å². The van der Waals surface area contributed by atoms with Gasteiger partial charge in [-0.15, -0.1) is 0 Å². The van der Waals surface area contributed by atoms with Gasteiger partial charge in [-0.05, 0) is 28.5 Å². The highest BCUT2D eigenvalue weighted by molar-refractivity contribution is 9.08. The maximum atomic E-state index is 11.0. The Morgan fingerprint density at radius 2 is 1.80 bits per heavy atom. The van der Waals surface area contributed by atoms with E-state index in [4.69, 9.17) is 5.11 Å². The molecule has 0 saturated heterocycles. The number of alkyl halides is 1. The van der Waals surface area contributed by atoms with Gasteiger partial charge in [0, 0.05) is 5.33 Å². The molecule has 2 aromatic carbocycles. The Kier molecular flexibility index (Phi) is 2.73. The first-order valence-electron chi connectivity index (χ1n) is 4.53. The normalized spacial score (nSPS) is 10.5. The highest BCUT2D eigenvalue weighted by atomic mass is 79.9. The van der Waals surface area contributed by atoms with Crippen molar-refractivity contribution in [2.75, 3.05) is 0 Å². The van der Waals surface area contributed by atoms with Crippen LogP contribution in [-0.2, 0) is 5.33 Å². The van der Waals surface area contributed by atoms with Crippen LogP contribution in [-0.4, -0.2) is 11.1 Å². The summed E-state index contributed by atoms with van der Waals surface area (Å²) in [4.78, 5) is 11.0. The van der Waals surface area contributed by atoms with Crippen molar-refractivity contribution in [3.05, 3.63) is 47.5 Å². The van der Waals surface area contributed by atoms with Gasteiger partial charge in [0.05, 0.1) is 5.56 Å². The van der Waals surface area contributed by atoms with E-state index in [0.29, 0.717) is 10.9 Å². The summed E-state index contributed by atoms with van der Waals surface area (Å²) in [6.45, 7) is 0. The van der Waals surface area contributed by atoms with Crippen molar-refractivity contribution in [1.82, 2.24) is 0 Å². The quantitative estimate of drug-likeness (QED) is 0.844. The van der Waals surface area contributed by atoms with Crippen molar-refractivity contribution < 1.29 is 9.90 Å². The van der Waals surface area contributed by atoms with Gasteiger partial charge in [0.1, 0.15) is 0 Å². The van der Waals surface area contributed by atoms with E-state index in [1.54, 1.807) is 6.07 Å². The minimum atomic E-state index is -0.879. The zero-order valence-corrected chi connectivity index (χ0v) is 9.49. The molecule has 1 N–H and O–H groups in total. The summed E-state index contributed by atoms with van der Waals surface area (Å²) in [5.74, 6) is -0.879. The highest BCUT2D eigenvalue weighted by Gasteiger charge is 2.09. The molecule has 0 unspecified atom stereocenters. The summed E-state index contributed by atoms with van der Waals surface area (Å²) in [5, 5.41) is 11.6. The second-order valence-electron chi connectivity index (χ2n) is 3.30. The van der Waals surface area contributed by atoms with Gasteiger partial charge in [-0.2, -0.15) is 0 Å². The van der Waals surface area contributed by atoms with Gasteiger partial charge in [0.15, 0.2) is 0 Å². The number of fused-ring (bicyclic) bond motifs is 1. The van der Waals surface area contributed by atoms with Crippen LogP contribution in [0.2, 0.25) is 0 Å². The Labute approximate surface area is 95.7 Å². The zero-order chi connectivity index (χ0) is 10.8. The first-order chi connectivity index (χ1) is 7.22. The average Bonchev–Trinajstić information content (AvgIpc) is 2.27. The minimum Gasteiger partial charge on any atom is -0.478 e. The molecule has 0 aliphatic rings. The van der Waals surface area contributed by atoms with E-state index < -0.39 is 5.97 Å². The van der Waals surface area contributed by atoms with Crippen LogP contribution < -0.4 is 0 Å². The van der Waals surface area contributed by atoms with Gasteiger partial charge in [-0.3, -0.25) is 0 Å². The molecule has 0 atom stereocenters. The van der Waals surface area contributed by atoms with Crippen molar-refractivity contribution in [2.45, 2.75) is 5.33 Å². The molecule has 0 fully saturated rings. The summed E-state index contributed by atoms with van der Waals surface area (Å²) in [6.07, 6.45) is 0. The van der Waals surface area contributed by atoms with Gasteiger partial charge in [-0.1, -0.05) is 40.2 Å². The van der Waals surface area contributed by atoms with Crippen molar-refractivity contribution in [3.8, 4) is 0 Å². The van der Waals surface area contributed by atoms with E-state index in [1.807, 2.05) is 30.3 Å². The number of hydrogen-bond donors (Lipinski definition) is 1. The number of aromatic carboxylic acids is 1. The lowest BCUT2D eigenvalue weighted by molar-refractivity contribution is 0.0696. The minimum absolute atomic E-state index is 0.366.